The summed E-state index contributed by atoms with van der Waals surface area (Å²) in [6.07, 6.45) is 6.51. The number of ether oxygens (including phenoxy) is 1. The first-order chi connectivity index (χ1) is 7.15. The first kappa shape index (κ1) is 11.4. The highest BCUT2D eigenvalue weighted by Crippen LogP contribution is 2.29. The molecule has 2 aliphatic rings. The Bertz CT molecular complexity index is 197. The van der Waals surface area contributed by atoms with Crippen molar-refractivity contribution in [3.8, 4) is 0 Å². The van der Waals surface area contributed by atoms with Crippen LogP contribution in [0.1, 0.15) is 46.5 Å². The van der Waals surface area contributed by atoms with Crippen LogP contribution in [0, 0.1) is 5.92 Å². The minimum Gasteiger partial charge on any atom is -0.373 e. The third kappa shape index (κ3) is 2.94. The molecule has 1 saturated carbocycles. The third-order valence-corrected chi connectivity index (χ3v) is 3.87. The van der Waals surface area contributed by atoms with Crippen LogP contribution in [0.3, 0.4) is 0 Å². The van der Waals surface area contributed by atoms with Gasteiger partial charge in [-0.2, -0.15) is 0 Å². The van der Waals surface area contributed by atoms with Gasteiger partial charge in [0, 0.05) is 19.1 Å². The fraction of sp³-hybridized carbons (Fsp3) is 1.00. The molecule has 0 aromatic heterocycles. The first-order valence-electron chi connectivity index (χ1n) is 6.54. The molecule has 88 valence electrons. The Morgan fingerprint density at radius 3 is 2.27 bits per heavy atom. The molecule has 15 heavy (non-hydrogen) atoms. The largest absolute Gasteiger partial charge is 0.373 e. The molecule has 1 heterocycles. The van der Waals surface area contributed by atoms with Gasteiger partial charge < -0.3 is 4.74 Å². The summed E-state index contributed by atoms with van der Waals surface area (Å²) in [6, 6.07) is 0.836. The van der Waals surface area contributed by atoms with E-state index in [1.54, 1.807) is 0 Å². The second kappa shape index (κ2) is 4.84. The summed E-state index contributed by atoms with van der Waals surface area (Å²) in [6.45, 7) is 9.09. The van der Waals surface area contributed by atoms with Crippen LogP contribution >= 0.6 is 0 Å². The lowest BCUT2D eigenvalue weighted by Gasteiger charge is -2.42. The second-order valence-corrected chi connectivity index (χ2v) is 5.64. The van der Waals surface area contributed by atoms with E-state index in [1.165, 1.54) is 25.7 Å². The van der Waals surface area contributed by atoms with Crippen molar-refractivity contribution in [3.05, 3.63) is 0 Å². The van der Waals surface area contributed by atoms with Crippen LogP contribution in [0.25, 0.3) is 0 Å². The SMILES string of the molecule is C[C@@H]1CCC[C@H](N2C[C@H](C)O[C@@H](C)C2)C1. The van der Waals surface area contributed by atoms with Crippen LogP contribution in [0.4, 0.5) is 0 Å². The van der Waals surface area contributed by atoms with Gasteiger partial charge in [0.25, 0.3) is 0 Å². The molecule has 0 radical (unpaired) electrons. The molecule has 1 aliphatic carbocycles. The van der Waals surface area contributed by atoms with Crippen molar-refractivity contribution in [2.75, 3.05) is 13.1 Å². The molecule has 0 amide bonds. The maximum Gasteiger partial charge on any atom is 0.0678 e. The van der Waals surface area contributed by atoms with Gasteiger partial charge >= 0.3 is 0 Å². The van der Waals surface area contributed by atoms with Gasteiger partial charge in [-0.3, -0.25) is 4.90 Å². The van der Waals surface area contributed by atoms with Crippen molar-refractivity contribution in [3.63, 3.8) is 0 Å². The van der Waals surface area contributed by atoms with E-state index < -0.39 is 0 Å². The summed E-state index contributed by atoms with van der Waals surface area (Å²) < 4.78 is 5.79. The van der Waals surface area contributed by atoms with E-state index in [-0.39, 0.29) is 0 Å². The predicted octanol–water partition coefficient (Wildman–Crippen LogP) is 2.67. The number of morpholine rings is 1. The summed E-state index contributed by atoms with van der Waals surface area (Å²) in [5.74, 6) is 0.928. The second-order valence-electron chi connectivity index (χ2n) is 5.64. The first-order valence-corrected chi connectivity index (χ1v) is 6.54. The van der Waals surface area contributed by atoms with E-state index in [0.717, 1.165) is 25.0 Å². The van der Waals surface area contributed by atoms with E-state index in [1.807, 2.05) is 0 Å². The number of rotatable bonds is 1. The van der Waals surface area contributed by atoms with Crippen LogP contribution in [-0.2, 0) is 4.74 Å². The molecule has 0 N–H and O–H groups in total. The molecule has 0 aromatic carbocycles. The lowest BCUT2D eigenvalue weighted by atomic mass is 9.86. The highest BCUT2D eigenvalue weighted by molar-refractivity contribution is 4.83. The third-order valence-electron chi connectivity index (χ3n) is 3.87. The van der Waals surface area contributed by atoms with Gasteiger partial charge in [-0.05, 0) is 32.6 Å². The van der Waals surface area contributed by atoms with Crippen molar-refractivity contribution in [2.45, 2.75) is 64.7 Å². The van der Waals surface area contributed by atoms with Crippen LogP contribution in [0.2, 0.25) is 0 Å². The molecule has 0 unspecified atom stereocenters. The average molecular weight is 211 g/mol. The topological polar surface area (TPSA) is 12.5 Å². The average Bonchev–Trinajstić information content (AvgIpc) is 2.16. The molecule has 2 rings (SSSR count). The minimum atomic E-state index is 0.422. The molecule has 0 bridgehead atoms. The van der Waals surface area contributed by atoms with E-state index in [0.29, 0.717) is 12.2 Å². The van der Waals surface area contributed by atoms with Crippen LogP contribution in [-0.4, -0.2) is 36.2 Å². The summed E-state index contributed by atoms with van der Waals surface area (Å²) >= 11 is 0. The Kier molecular flexibility index (Phi) is 3.68. The minimum absolute atomic E-state index is 0.422. The van der Waals surface area contributed by atoms with Crippen molar-refractivity contribution >= 4 is 0 Å². The summed E-state index contributed by atoms with van der Waals surface area (Å²) in [5, 5.41) is 0. The number of hydrogen-bond acceptors (Lipinski definition) is 2. The van der Waals surface area contributed by atoms with E-state index >= 15 is 0 Å². The normalized spacial score (nSPS) is 44.2. The summed E-state index contributed by atoms with van der Waals surface area (Å²) in [5.41, 5.74) is 0. The number of nitrogens with zero attached hydrogens (tertiary/aromatic N) is 1. The Morgan fingerprint density at radius 1 is 1.00 bits per heavy atom. The predicted molar refractivity (Wildman–Crippen MR) is 63.0 cm³/mol. The van der Waals surface area contributed by atoms with Gasteiger partial charge in [-0.1, -0.05) is 19.8 Å². The zero-order chi connectivity index (χ0) is 10.8. The van der Waals surface area contributed by atoms with Crippen molar-refractivity contribution in [1.82, 2.24) is 4.90 Å². The monoisotopic (exact) mass is 211 g/mol. The number of hydrogen-bond donors (Lipinski definition) is 0. The van der Waals surface area contributed by atoms with Crippen molar-refractivity contribution in [2.24, 2.45) is 5.92 Å². The zero-order valence-electron chi connectivity index (χ0n) is 10.4. The van der Waals surface area contributed by atoms with E-state index in [2.05, 4.69) is 25.7 Å². The van der Waals surface area contributed by atoms with Gasteiger partial charge in [-0.15, -0.1) is 0 Å². The maximum atomic E-state index is 5.79. The fourth-order valence-electron chi connectivity index (χ4n) is 3.25. The smallest absolute Gasteiger partial charge is 0.0678 e. The summed E-state index contributed by atoms with van der Waals surface area (Å²) in [4.78, 5) is 2.68. The van der Waals surface area contributed by atoms with Gasteiger partial charge in [0.1, 0.15) is 0 Å². The lowest BCUT2D eigenvalue weighted by molar-refractivity contribution is -0.0858. The van der Waals surface area contributed by atoms with Crippen LogP contribution in [0.15, 0.2) is 0 Å². The van der Waals surface area contributed by atoms with Gasteiger partial charge in [0.2, 0.25) is 0 Å². The van der Waals surface area contributed by atoms with Gasteiger partial charge in [0.05, 0.1) is 12.2 Å². The Morgan fingerprint density at radius 2 is 1.67 bits per heavy atom. The molecule has 0 spiro atoms. The fourth-order valence-corrected chi connectivity index (χ4v) is 3.25. The highest BCUT2D eigenvalue weighted by Gasteiger charge is 2.30. The zero-order valence-corrected chi connectivity index (χ0v) is 10.4. The molecular weight excluding hydrogens is 186 g/mol. The van der Waals surface area contributed by atoms with Crippen molar-refractivity contribution in [1.29, 1.82) is 0 Å². The van der Waals surface area contributed by atoms with Gasteiger partial charge in [0.15, 0.2) is 0 Å². The van der Waals surface area contributed by atoms with E-state index in [9.17, 15) is 0 Å². The van der Waals surface area contributed by atoms with Crippen molar-refractivity contribution < 1.29 is 4.74 Å². The Labute approximate surface area is 94.0 Å². The quantitative estimate of drug-likeness (QED) is 0.661. The molecule has 0 aromatic rings. The standard InChI is InChI=1S/C13H25NO/c1-10-5-4-6-13(7-10)14-8-11(2)15-12(3)9-14/h10-13H,4-9H2,1-3H3/t10-,11+,12+,13+/m1/s1. The molecule has 2 heteroatoms. The molecular formula is C13H25NO. The lowest BCUT2D eigenvalue weighted by Crippen LogP contribution is -2.51. The van der Waals surface area contributed by atoms with Gasteiger partial charge in [-0.25, -0.2) is 0 Å². The van der Waals surface area contributed by atoms with Crippen LogP contribution in [0.5, 0.6) is 0 Å². The van der Waals surface area contributed by atoms with Crippen LogP contribution < -0.4 is 0 Å². The molecule has 2 fully saturated rings. The summed E-state index contributed by atoms with van der Waals surface area (Å²) in [7, 11) is 0. The highest BCUT2D eigenvalue weighted by atomic mass is 16.5. The Balaban J connectivity index is 1.91. The Hall–Kier alpha value is -0.0800. The molecule has 2 nitrogen and oxygen atoms in total. The molecule has 1 aliphatic heterocycles. The molecule has 4 atom stereocenters. The maximum absolute atomic E-state index is 5.79. The van der Waals surface area contributed by atoms with E-state index in [4.69, 9.17) is 4.74 Å². The molecule has 1 saturated heterocycles.